The number of halogens is 2. The van der Waals surface area contributed by atoms with Gasteiger partial charge in [0.15, 0.2) is 11.5 Å². The van der Waals surface area contributed by atoms with E-state index in [0.717, 1.165) is 31.5 Å². The molecule has 3 rings (SSSR count). The molecule has 0 amide bonds. The van der Waals surface area contributed by atoms with Crippen molar-refractivity contribution in [3.8, 4) is 11.5 Å². The lowest BCUT2D eigenvalue weighted by atomic mass is 9.88. The normalized spacial score (nSPS) is 15.6. The van der Waals surface area contributed by atoms with E-state index in [2.05, 4.69) is 5.10 Å². The number of nitrogens with two attached hydrogens (primary N) is 1. The van der Waals surface area contributed by atoms with Crippen molar-refractivity contribution in [2.75, 3.05) is 20.2 Å². The number of benzene rings is 2. The van der Waals surface area contributed by atoms with Gasteiger partial charge in [0.1, 0.15) is 11.2 Å². The molecule has 156 valence electrons. The van der Waals surface area contributed by atoms with E-state index >= 15 is 0 Å². The zero-order chi connectivity index (χ0) is 21.0. The maximum atomic E-state index is 12.8. The Kier molecular flexibility index (Phi) is 6.77. The third kappa shape index (κ3) is 4.88. The van der Waals surface area contributed by atoms with E-state index in [1.807, 2.05) is 4.90 Å². The van der Waals surface area contributed by atoms with Gasteiger partial charge in [-0.3, -0.25) is 0 Å². The van der Waals surface area contributed by atoms with Crippen molar-refractivity contribution in [1.29, 1.82) is 0 Å². The second-order valence-electron chi connectivity index (χ2n) is 6.57. The Morgan fingerprint density at radius 1 is 1.21 bits per heavy atom. The van der Waals surface area contributed by atoms with Gasteiger partial charge in [-0.25, -0.2) is 0 Å². The summed E-state index contributed by atoms with van der Waals surface area (Å²) in [6, 6.07) is 9.28. The Bertz CT molecular complexity index is 1010. The highest BCUT2D eigenvalue weighted by Gasteiger charge is 2.28. The summed E-state index contributed by atoms with van der Waals surface area (Å²) in [6.07, 6.45) is 3.22. The molecule has 1 heterocycles. The van der Waals surface area contributed by atoms with Crippen molar-refractivity contribution in [3.63, 3.8) is 0 Å². The minimum absolute atomic E-state index is 0.0286. The number of methoxy groups -OCH3 is 1. The average Bonchev–Trinajstić information content (AvgIpc) is 2.68. The lowest BCUT2D eigenvalue weighted by Crippen LogP contribution is -2.32. The number of nitrogens with zero attached hydrogens (tertiary/aromatic N) is 2. The van der Waals surface area contributed by atoms with Crippen LogP contribution >= 0.6 is 23.2 Å². The fraction of sp³-hybridized carbons (Fsp3) is 0.316. The molecule has 29 heavy (non-hydrogen) atoms. The topological polar surface area (TPSA) is 94.2 Å². The molecule has 1 aliphatic heterocycles. The molecule has 2 aromatic carbocycles. The van der Waals surface area contributed by atoms with Crippen LogP contribution in [0.4, 0.5) is 0 Å². The van der Waals surface area contributed by atoms with E-state index in [0.29, 0.717) is 10.8 Å². The van der Waals surface area contributed by atoms with Gasteiger partial charge in [0, 0.05) is 29.7 Å². The van der Waals surface area contributed by atoms with Crippen molar-refractivity contribution >= 4 is 39.7 Å². The predicted molar refractivity (Wildman–Crippen MR) is 113 cm³/mol. The Morgan fingerprint density at radius 2 is 1.90 bits per heavy atom. The maximum absolute atomic E-state index is 12.8. The quantitative estimate of drug-likeness (QED) is 0.232. The molecule has 0 bridgehead atoms. The van der Waals surface area contributed by atoms with Crippen molar-refractivity contribution in [2.24, 2.45) is 10.9 Å². The van der Waals surface area contributed by atoms with Crippen LogP contribution in [0, 0.1) is 0 Å². The van der Waals surface area contributed by atoms with Gasteiger partial charge in [-0.05, 0) is 37.0 Å². The summed E-state index contributed by atoms with van der Waals surface area (Å²) >= 11 is 12.3. The molecule has 0 atom stereocenters. The zero-order valence-corrected chi connectivity index (χ0v) is 18.0. The molecular formula is C19H21Cl2N3O4S. The molecule has 2 aromatic rings. The molecule has 10 heteroatoms. The average molecular weight is 458 g/mol. The number of hydrogen-bond acceptors (Lipinski definition) is 6. The molecule has 1 saturated heterocycles. The highest BCUT2D eigenvalue weighted by molar-refractivity contribution is 7.87. The van der Waals surface area contributed by atoms with Gasteiger partial charge in [-0.1, -0.05) is 35.3 Å². The number of piperidine rings is 1. The number of hydrazone groups is 1. The van der Waals surface area contributed by atoms with E-state index in [-0.39, 0.29) is 21.6 Å². The van der Waals surface area contributed by atoms with Crippen LogP contribution in [-0.4, -0.2) is 39.9 Å². The van der Waals surface area contributed by atoms with Crippen LogP contribution < -0.4 is 14.8 Å². The molecular weight excluding hydrogens is 437 g/mol. The highest BCUT2D eigenvalue weighted by atomic mass is 35.5. The summed E-state index contributed by atoms with van der Waals surface area (Å²) in [7, 11) is -2.70. The Balaban J connectivity index is 1.94. The van der Waals surface area contributed by atoms with E-state index in [9.17, 15) is 8.42 Å². The van der Waals surface area contributed by atoms with Crippen molar-refractivity contribution < 1.29 is 17.3 Å². The number of rotatable bonds is 6. The third-order valence-electron chi connectivity index (χ3n) is 4.76. The largest absolute Gasteiger partial charge is 0.492 e. The molecule has 0 aliphatic carbocycles. The van der Waals surface area contributed by atoms with Gasteiger partial charge in [-0.2, -0.15) is 13.5 Å². The summed E-state index contributed by atoms with van der Waals surface area (Å²) < 4.78 is 36.5. The van der Waals surface area contributed by atoms with E-state index in [1.54, 1.807) is 24.5 Å². The first kappa shape index (κ1) is 21.5. The van der Waals surface area contributed by atoms with Gasteiger partial charge in [0.25, 0.3) is 0 Å². The lowest BCUT2D eigenvalue weighted by molar-refractivity contribution is 0.311. The molecule has 1 aliphatic rings. The first-order valence-corrected chi connectivity index (χ1v) is 11.1. The van der Waals surface area contributed by atoms with Gasteiger partial charge in [0.05, 0.1) is 12.1 Å². The predicted octanol–water partition coefficient (Wildman–Crippen LogP) is 3.85. The highest BCUT2D eigenvalue weighted by Crippen LogP contribution is 2.43. The number of ether oxygens (including phenoxy) is 1. The monoisotopic (exact) mass is 457 g/mol. The van der Waals surface area contributed by atoms with E-state index in [4.69, 9.17) is 38.0 Å². The van der Waals surface area contributed by atoms with Gasteiger partial charge in [-0.15, -0.1) is 0 Å². The van der Waals surface area contributed by atoms with Crippen LogP contribution in [0.15, 0.2) is 46.4 Å². The summed E-state index contributed by atoms with van der Waals surface area (Å²) in [6.45, 7) is 1.52. The molecule has 0 radical (unpaired) electrons. The van der Waals surface area contributed by atoms with Crippen LogP contribution in [-0.2, 0) is 10.1 Å². The van der Waals surface area contributed by atoms with Crippen LogP contribution in [0.2, 0.25) is 10.0 Å². The van der Waals surface area contributed by atoms with Crippen LogP contribution in [0.25, 0.3) is 0 Å². The molecule has 1 fully saturated rings. The summed E-state index contributed by atoms with van der Waals surface area (Å²) in [4.78, 5) is 1.90. The van der Waals surface area contributed by atoms with Crippen molar-refractivity contribution in [3.05, 3.63) is 52.0 Å². The first-order chi connectivity index (χ1) is 13.9. The second kappa shape index (κ2) is 9.11. The molecule has 0 unspecified atom stereocenters. The van der Waals surface area contributed by atoms with Gasteiger partial charge in [0.2, 0.25) is 0 Å². The molecule has 0 aromatic heterocycles. The minimum Gasteiger partial charge on any atom is -0.492 e. The Labute approximate surface area is 180 Å². The van der Waals surface area contributed by atoms with E-state index < -0.39 is 10.1 Å². The van der Waals surface area contributed by atoms with Gasteiger partial charge >= 0.3 is 10.1 Å². The van der Waals surface area contributed by atoms with Crippen molar-refractivity contribution in [1.82, 2.24) is 4.90 Å². The fourth-order valence-electron chi connectivity index (χ4n) is 3.40. The van der Waals surface area contributed by atoms with Crippen molar-refractivity contribution in [2.45, 2.75) is 23.7 Å². The SMILES string of the molecule is COc1c(OS(=O)(=O)c2ccccc2Cl)cc(Cl)cc1C1CCN(C=NN)CC1. The lowest BCUT2D eigenvalue weighted by Gasteiger charge is -2.31. The van der Waals surface area contributed by atoms with Crippen LogP contribution in [0.3, 0.4) is 0 Å². The van der Waals surface area contributed by atoms with Gasteiger partial charge < -0.3 is 19.7 Å². The summed E-state index contributed by atoms with van der Waals surface area (Å²) in [5, 5.41) is 3.98. The molecule has 2 N–H and O–H groups in total. The second-order valence-corrected chi connectivity index (χ2v) is 8.93. The smallest absolute Gasteiger partial charge is 0.340 e. The summed E-state index contributed by atoms with van der Waals surface area (Å²) in [5.41, 5.74) is 0.800. The number of likely N-dealkylation sites (tertiary alicyclic amines) is 1. The first-order valence-electron chi connectivity index (χ1n) is 8.89. The third-order valence-corrected chi connectivity index (χ3v) is 6.71. The Hall–Kier alpha value is -2.16. The fourth-order valence-corrected chi connectivity index (χ4v) is 5.04. The van der Waals surface area contributed by atoms with Crippen LogP contribution in [0.5, 0.6) is 11.5 Å². The number of hydrogen-bond donors (Lipinski definition) is 1. The minimum atomic E-state index is -4.17. The molecule has 0 saturated carbocycles. The zero-order valence-electron chi connectivity index (χ0n) is 15.7. The standard InChI is InChI=1S/C19H21Cl2N3O4S/c1-27-19-15(13-6-8-24(9-7-13)12-23-22)10-14(20)11-17(19)28-29(25,26)18-5-3-2-4-16(18)21/h2-5,10-13H,6-9,22H2,1H3. The maximum Gasteiger partial charge on any atom is 0.340 e. The molecule has 7 nitrogen and oxygen atoms in total. The van der Waals surface area contributed by atoms with E-state index in [1.165, 1.54) is 25.3 Å². The molecule has 0 spiro atoms. The van der Waals surface area contributed by atoms with Crippen LogP contribution in [0.1, 0.15) is 24.3 Å². The Morgan fingerprint density at radius 3 is 2.52 bits per heavy atom. The summed E-state index contributed by atoms with van der Waals surface area (Å²) in [5.74, 6) is 5.71.